The lowest BCUT2D eigenvalue weighted by atomic mass is 10.0. The zero-order chi connectivity index (χ0) is 13.7. The largest absolute Gasteiger partial charge is 0.456 e. The van der Waals surface area contributed by atoms with Gasteiger partial charge < -0.3 is 14.2 Å². The van der Waals surface area contributed by atoms with E-state index < -0.39 is 36.5 Å². The van der Waals surface area contributed by atoms with Gasteiger partial charge >= 0.3 is 11.9 Å². The van der Waals surface area contributed by atoms with Crippen LogP contribution in [-0.4, -0.2) is 36.5 Å². The molecule has 1 aliphatic heterocycles. The Labute approximate surface area is 104 Å². The fraction of sp³-hybridized carbons (Fsp3) is 0.800. The molecule has 0 saturated carbocycles. The first-order valence-corrected chi connectivity index (χ1v) is 5.48. The predicted molar refractivity (Wildman–Crippen MR) is 59.2 cm³/mol. The molecule has 0 spiro atoms. The normalized spacial score (nSPS) is 31.1. The highest BCUT2D eigenvalue weighted by Gasteiger charge is 2.39. The van der Waals surface area contributed by atoms with Crippen molar-refractivity contribution in [3.8, 4) is 0 Å². The first-order chi connectivity index (χ1) is 8.43. The number of rotatable bonds is 3. The Balaban J connectivity index is 2.79. The van der Waals surface area contributed by atoms with Crippen LogP contribution in [0.1, 0.15) is 27.2 Å². The Morgan fingerprint density at radius 1 is 1.33 bits per heavy atom. The van der Waals surface area contributed by atoms with Crippen molar-refractivity contribution in [2.24, 2.45) is 5.11 Å². The second-order valence-corrected chi connectivity index (χ2v) is 3.97. The number of hydrogen-bond acceptors (Lipinski definition) is 6. The summed E-state index contributed by atoms with van der Waals surface area (Å²) in [6.07, 6.45) is -1.90. The van der Waals surface area contributed by atoms with Gasteiger partial charge in [0.15, 0.2) is 6.10 Å². The lowest BCUT2D eigenvalue weighted by Gasteiger charge is -2.36. The molecule has 0 unspecified atom stereocenters. The van der Waals surface area contributed by atoms with Gasteiger partial charge in [-0.15, -0.1) is 0 Å². The molecule has 0 N–H and O–H groups in total. The molecule has 8 heteroatoms. The third-order valence-electron chi connectivity index (χ3n) is 2.47. The number of nitrogens with zero attached hydrogens (tertiary/aromatic N) is 3. The average molecular weight is 257 g/mol. The molecule has 4 atom stereocenters. The van der Waals surface area contributed by atoms with Gasteiger partial charge in [0, 0.05) is 25.2 Å². The number of esters is 2. The Morgan fingerprint density at radius 2 is 1.94 bits per heavy atom. The smallest absolute Gasteiger partial charge is 0.305 e. The van der Waals surface area contributed by atoms with Crippen molar-refractivity contribution in [2.45, 2.75) is 51.7 Å². The van der Waals surface area contributed by atoms with Gasteiger partial charge in [-0.1, -0.05) is 5.11 Å². The van der Waals surface area contributed by atoms with Crippen molar-refractivity contribution in [3.63, 3.8) is 0 Å². The van der Waals surface area contributed by atoms with Crippen LogP contribution in [0, 0.1) is 0 Å². The Kier molecular flexibility index (Phi) is 4.94. The predicted octanol–water partition coefficient (Wildman–Crippen LogP) is 1.29. The number of carbonyl (C=O) groups is 2. The van der Waals surface area contributed by atoms with Gasteiger partial charge in [-0.2, -0.15) is 0 Å². The number of azide groups is 1. The number of carbonyl (C=O) groups excluding carboxylic acids is 2. The van der Waals surface area contributed by atoms with Crippen molar-refractivity contribution in [1.29, 1.82) is 0 Å². The van der Waals surface area contributed by atoms with E-state index in [2.05, 4.69) is 10.0 Å². The second kappa shape index (κ2) is 6.23. The van der Waals surface area contributed by atoms with Crippen molar-refractivity contribution >= 4 is 11.9 Å². The third kappa shape index (κ3) is 3.90. The van der Waals surface area contributed by atoms with E-state index in [1.807, 2.05) is 0 Å². The molecule has 1 fully saturated rings. The Bertz CT molecular complexity index is 380. The molecular formula is C10H15N3O5. The molecule has 0 bridgehead atoms. The summed E-state index contributed by atoms with van der Waals surface area (Å²) in [7, 11) is 0. The van der Waals surface area contributed by atoms with Gasteiger partial charge in [-0.05, 0) is 12.5 Å². The fourth-order valence-electron chi connectivity index (χ4n) is 1.72. The van der Waals surface area contributed by atoms with Crippen molar-refractivity contribution in [2.75, 3.05) is 0 Å². The Hall–Kier alpha value is -1.79. The van der Waals surface area contributed by atoms with E-state index in [9.17, 15) is 9.59 Å². The molecular weight excluding hydrogens is 242 g/mol. The standard InChI is InChI=1S/C10H15N3O5/c1-5-8(12-13-11)4-9(17-6(2)14)10(16-5)18-7(3)15/h5,8-10H,4H2,1-3H3/t5-,8-,9-,10-/m1/s1. The van der Waals surface area contributed by atoms with Crippen molar-refractivity contribution in [3.05, 3.63) is 10.4 Å². The van der Waals surface area contributed by atoms with Crippen LogP contribution in [0.4, 0.5) is 0 Å². The molecule has 1 heterocycles. The van der Waals surface area contributed by atoms with Crippen molar-refractivity contribution in [1.82, 2.24) is 0 Å². The maximum Gasteiger partial charge on any atom is 0.305 e. The second-order valence-electron chi connectivity index (χ2n) is 3.97. The summed E-state index contributed by atoms with van der Waals surface area (Å²) >= 11 is 0. The van der Waals surface area contributed by atoms with E-state index in [4.69, 9.17) is 19.7 Å². The average Bonchev–Trinajstić information content (AvgIpc) is 2.23. The van der Waals surface area contributed by atoms with E-state index in [1.54, 1.807) is 6.92 Å². The molecule has 1 rings (SSSR count). The summed E-state index contributed by atoms with van der Waals surface area (Å²) in [5.74, 6) is -1.05. The molecule has 100 valence electrons. The maximum absolute atomic E-state index is 11.0. The van der Waals surface area contributed by atoms with Crippen LogP contribution in [0.2, 0.25) is 0 Å². The van der Waals surface area contributed by atoms with Gasteiger partial charge in [-0.25, -0.2) is 0 Å². The summed E-state index contributed by atoms with van der Waals surface area (Å²) < 4.78 is 15.3. The SMILES string of the molecule is CC(=O)O[C@H]1O[C@H](C)[C@H](N=[N+]=[N-])C[C@H]1OC(C)=O. The van der Waals surface area contributed by atoms with Crippen LogP contribution < -0.4 is 0 Å². The van der Waals surface area contributed by atoms with Crippen LogP contribution in [0.5, 0.6) is 0 Å². The van der Waals surface area contributed by atoms with E-state index in [-0.39, 0.29) is 6.42 Å². The molecule has 0 aliphatic carbocycles. The summed E-state index contributed by atoms with van der Waals surface area (Å²) in [4.78, 5) is 24.6. The molecule has 0 radical (unpaired) electrons. The fourth-order valence-corrected chi connectivity index (χ4v) is 1.72. The van der Waals surface area contributed by atoms with E-state index in [0.717, 1.165) is 0 Å². The van der Waals surface area contributed by atoms with Crippen LogP contribution in [0.25, 0.3) is 10.4 Å². The quantitative estimate of drug-likeness (QED) is 0.327. The summed E-state index contributed by atoms with van der Waals surface area (Å²) in [6, 6.07) is -0.467. The summed E-state index contributed by atoms with van der Waals surface area (Å²) in [5, 5.41) is 3.56. The summed E-state index contributed by atoms with van der Waals surface area (Å²) in [6.45, 7) is 4.17. The topological polar surface area (TPSA) is 111 Å². The van der Waals surface area contributed by atoms with Gasteiger partial charge in [0.05, 0.1) is 12.1 Å². The van der Waals surface area contributed by atoms with Gasteiger partial charge in [-0.3, -0.25) is 9.59 Å². The van der Waals surface area contributed by atoms with Gasteiger partial charge in [0.25, 0.3) is 0 Å². The maximum atomic E-state index is 11.0. The number of hydrogen-bond donors (Lipinski definition) is 0. The molecule has 1 saturated heterocycles. The lowest BCUT2D eigenvalue weighted by Crippen LogP contribution is -2.48. The van der Waals surface area contributed by atoms with Crippen LogP contribution >= 0.6 is 0 Å². The molecule has 18 heavy (non-hydrogen) atoms. The van der Waals surface area contributed by atoms with Crippen LogP contribution in [0.3, 0.4) is 0 Å². The third-order valence-corrected chi connectivity index (χ3v) is 2.47. The first kappa shape index (κ1) is 14.3. The molecule has 0 aromatic heterocycles. The van der Waals surface area contributed by atoms with E-state index in [1.165, 1.54) is 13.8 Å². The van der Waals surface area contributed by atoms with Crippen LogP contribution in [-0.2, 0) is 23.8 Å². The summed E-state index contributed by atoms with van der Waals surface area (Å²) in [5.41, 5.74) is 8.43. The van der Waals surface area contributed by atoms with E-state index in [0.29, 0.717) is 0 Å². The molecule has 8 nitrogen and oxygen atoms in total. The first-order valence-electron chi connectivity index (χ1n) is 5.48. The minimum absolute atomic E-state index is 0.253. The minimum Gasteiger partial charge on any atom is -0.456 e. The highest BCUT2D eigenvalue weighted by Crippen LogP contribution is 2.26. The molecule has 0 aromatic carbocycles. The number of ether oxygens (including phenoxy) is 3. The molecule has 0 amide bonds. The molecule has 1 aliphatic rings. The zero-order valence-electron chi connectivity index (χ0n) is 10.4. The zero-order valence-corrected chi connectivity index (χ0v) is 10.4. The Morgan fingerprint density at radius 3 is 2.44 bits per heavy atom. The monoisotopic (exact) mass is 257 g/mol. The highest BCUT2D eigenvalue weighted by atomic mass is 16.7. The van der Waals surface area contributed by atoms with Crippen LogP contribution in [0.15, 0.2) is 5.11 Å². The van der Waals surface area contributed by atoms with Gasteiger partial charge in [0.1, 0.15) is 0 Å². The molecule has 0 aromatic rings. The lowest BCUT2D eigenvalue weighted by molar-refractivity contribution is -0.242. The van der Waals surface area contributed by atoms with Gasteiger partial charge in [0.2, 0.25) is 6.29 Å². The van der Waals surface area contributed by atoms with Crippen molar-refractivity contribution < 1.29 is 23.8 Å². The highest BCUT2D eigenvalue weighted by molar-refractivity contribution is 5.67. The van der Waals surface area contributed by atoms with E-state index >= 15 is 0 Å². The minimum atomic E-state index is -0.966.